The van der Waals surface area contributed by atoms with E-state index in [1.54, 1.807) is 36.4 Å². The van der Waals surface area contributed by atoms with Crippen molar-refractivity contribution in [3.63, 3.8) is 0 Å². The molecule has 1 atom stereocenters. The number of carboxylic acid groups (broad SMARTS) is 1. The molecule has 0 radical (unpaired) electrons. The molecule has 1 unspecified atom stereocenters. The summed E-state index contributed by atoms with van der Waals surface area (Å²) in [5, 5.41) is 12.4. The van der Waals surface area contributed by atoms with Crippen molar-refractivity contribution in [3.8, 4) is 0 Å². The fraction of sp³-hybridized carbons (Fsp3) is 0.125. The summed E-state index contributed by atoms with van der Waals surface area (Å²) >= 11 is 0. The van der Waals surface area contributed by atoms with E-state index in [0.29, 0.717) is 11.3 Å². The molecule has 2 aromatic rings. The van der Waals surface area contributed by atoms with Gasteiger partial charge in [-0.05, 0) is 17.2 Å². The molecule has 100 valence electrons. The number of rotatable bonds is 2. The van der Waals surface area contributed by atoms with E-state index >= 15 is 0 Å². The molecule has 4 nitrogen and oxygen atoms in total. The molecule has 0 aliphatic carbocycles. The largest absolute Gasteiger partial charge is 0.480 e. The number of nitrogens with one attached hydrogen (secondary N) is 1. The number of para-hydroxylation sites is 1. The number of amides is 1. The Bertz CT molecular complexity index is 681. The van der Waals surface area contributed by atoms with E-state index in [-0.39, 0.29) is 6.42 Å². The summed E-state index contributed by atoms with van der Waals surface area (Å²) in [5.41, 5.74) is 0.457. The van der Waals surface area contributed by atoms with Crippen LogP contribution in [-0.4, -0.2) is 17.0 Å². The van der Waals surface area contributed by atoms with E-state index in [4.69, 9.17) is 0 Å². The highest BCUT2D eigenvalue weighted by molar-refractivity contribution is 6.15. The molecular formula is C16H13NO3. The molecule has 1 aliphatic heterocycles. The molecule has 4 heteroatoms. The molecule has 3 rings (SSSR count). The number of carbonyl (C=O) groups excluding carboxylic acids is 1. The minimum absolute atomic E-state index is 0.161. The Morgan fingerprint density at radius 3 is 2.40 bits per heavy atom. The summed E-state index contributed by atoms with van der Waals surface area (Å²) in [6.45, 7) is 0. The van der Waals surface area contributed by atoms with Crippen LogP contribution in [0.2, 0.25) is 0 Å². The quantitative estimate of drug-likeness (QED) is 0.820. The zero-order valence-corrected chi connectivity index (χ0v) is 10.7. The molecular weight excluding hydrogens is 254 g/mol. The zero-order chi connectivity index (χ0) is 14.2. The lowest BCUT2D eigenvalue weighted by molar-refractivity contribution is -0.148. The van der Waals surface area contributed by atoms with Crippen molar-refractivity contribution in [1.82, 2.24) is 0 Å². The van der Waals surface area contributed by atoms with Crippen LogP contribution in [0.25, 0.3) is 0 Å². The predicted octanol–water partition coefficient (Wildman–Crippen LogP) is 2.20. The van der Waals surface area contributed by atoms with Crippen LogP contribution in [0, 0.1) is 0 Å². The first-order chi connectivity index (χ1) is 9.64. The highest BCUT2D eigenvalue weighted by atomic mass is 16.4. The standard InChI is InChI=1S/C16H13NO3/c18-14-16(15(19)20,12-7-2-1-3-8-12)10-11-6-4-5-9-13(11)17-14/h1-9H,10H2,(H,17,18)(H,19,20). The number of fused-ring (bicyclic) bond motifs is 1. The Hall–Kier alpha value is -2.62. The predicted molar refractivity (Wildman–Crippen MR) is 74.5 cm³/mol. The van der Waals surface area contributed by atoms with Gasteiger partial charge in [-0.1, -0.05) is 48.5 Å². The maximum absolute atomic E-state index is 12.4. The fourth-order valence-corrected chi connectivity index (χ4v) is 2.64. The van der Waals surface area contributed by atoms with Gasteiger partial charge in [0.15, 0.2) is 5.41 Å². The Balaban J connectivity index is 2.18. The Kier molecular flexibility index (Phi) is 2.79. The summed E-state index contributed by atoms with van der Waals surface area (Å²) < 4.78 is 0. The average Bonchev–Trinajstić information content (AvgIpc) is 2.47. The first kappa shape index (κ1) is 12.4. The topological polar surface area (TPSA) is 66.4 Å². The third-order valence-corrected chi connectivity index (χ3v) is 3.74. The lowest BCUT2D eigenvalue weighted by Crippen LogP contribution is -2.51. The van der Waals surface area contributed by atoms with Gasteiger partial charge in [0.25, 0.3) is 0 Å². The lowest BCUT2D eigenvalue weighted by atomic mass is 9.72. The van der Waals surface area contributed by atoms with Gasteiger partial charge in [0.05, 0.1) is 0 Å². The monoisotopic (exact) mass is 267 g/mol. The smallest absolute Gasteiger partial charge is 0.324 e. The van der Waals surface area contributed by atoms with Crippen LogP contribution < -0.4 is 5.32 Å². The summed E-state index contributed by atoms with van der Waals surface area (Å²) in [7, 11) is 0. The van der Waals surface area contributed by atoms with Crippen molar-refractivity contribution in [3.05, 3.63) is 65.7 Å². The zero-order valence-electron chi connectivity index (χ0n) is 10.7. The van der Waals surface area contributed by atoms with E-state index in [0.717, 1.165) is 5.56 Å². The second-order valence-corrected chi connectivity index (χ2v) is 4.86. The van der Waals surface area contributed by atoms with Crippen molar-refractivity contribution in [1.29, 1.82) is 0 Å². The number of aliphatic carboxylic acids is 1. The molecule has 0 aromatic heterocycles. The summed E-state index contributed by atoms with van der Waals surface area (Å²) in [6, 6.07) is 15.9. The number of anilines is 1. The van der Waals surface area contributed by atoms with Crippen LogP contribution in [-0.2, 0) is 21.4 Å². The second-order valence-electron chi connectivity index (χ2n) is 4.86. The molecule has 0 saturated carbocycles. The lowest BCUT2D eigenvalue weighted by Gasteiger charge is -2.33. The minimum Gasteiger partial charge on any atom is -0.480 e. The van der Waals surface area contributed by atoms with Crippen molar-refractivity contribution in [2.24, 2.45) is 0 Å². The van der Waals surface area contributed by atoms with E-state index in [9.17, 15) is 14.7 Å². The molecule has 0 saturated heterocycles. The van der Waals surface area contributed by atoms with Gasteiger partial charge in [0.1, 0.15) is 0 Å². The molecule has 1 heterocycles. The third kappa shape index (κ3) is 1.69. The van der Waals surface area contributed by atoms with Crippen molar-refractivity contribution < 1.29 is 14.7 Å². The number of carboxylic acids is 1. The number of benzene rings is 2. The number of hydrogen-bond donors (Lipinski definition) is 2. The SMILES string of the molecule is O=C(O)C1(c2ccccc2)Cc2ccccc2NC1=O. The molecule has 2 aromatic carbocycles. The second kappa shape index (κ2) is 4.49. The van der Waals surface area contributed by atoms with Crippen LogP contribution in [0.5, 0.6) is 0 Å². The first-order valence-electron chi connectivity index (χ1n) is 6.33. The van der Waals surface area contributed by atoms with Gasteiger partial charge in [-0.3, -0.25) is 9.59 Å². The maximum atomic E-state index is 12.4. The first-order valence-corrected chi connectivity index (χ1v) is 6.33. The summed E-state index contributed by atoms with van der Waals surface area (Å²) in [5.74, 6) is -1.62. The van der Waals surface area contributed by atoms with E-state index in [2.05, 4.69) is 5.32 Å². The molecule has 0 bridgehead atoms. The van der Waals surface area contributed by atoms with E-state index < -0.39 is 17.3 Å². The maximum Gasteiger partial charge on any atom is 0.324 e. The normalized spacial score (nSPS) is 20.9. The van der Waals surface area contributed by atoms with Crippen LogP contribution >= 0.6 is 0 Å². The Morgan fingerprint density at radius 1 is 1.05 bits per heavy atom. The minimum atomic E-state index is -1.56. The van der Waals surface area contributed by atoms with Crippen LogP contribution in [0.15, 0.2) is 54.6 Å². The van der Waals surface area contributed by atoms with Crippen LogP contribution in [0.3, 0.4) is 0 Å². The Morgan fingerprint density at radius 2 is 1.70 bits per heavy atom. The van der Waals surface area contributed by atoms with Crippen LogP contribution in [0.4, 0.5) is 5.69 Å². The fourth-order valence-electron chi connectivity index (χ4n) is 2.64. The summed E-state index contributed by atoms with van der Waals surface area (Å²) in [6.07, 6.45) is 0.161. The van der Waals surface area contributed by atoms with Crippen molar-refractivity contribution in [2.45, 2.75) is 11.8 Å². The molecule has 1 amide bonds. The molecule has 0 fully saturated rings. The van der Waals surface area contributed by atoms with Crippen molar-refractivity contribution >= 4 is 17.6 Å². The average molecular weight is 267 g/mol. The molecule has 1 aliphatic rings. The molecule has 0 spiro atoms. The van der Waals surface area contributed by atoms with Gasteiger partial charge < -0.3 is 10.4 Å². The van der Waals surface area contributed by atoms with E-state index in [1.165, 1.54) is 0 Å². The highest BCUT2D eigenvalue weighted by Gasteiger charge is 2.50. The van der Waals surface area contributed by atoms with Gasteiger partial charge >= 0.3 is 5.97 Å². The number of carbonyl (C=O) groups is 2. The summed E-state index contributed by atoms with van der Waals surface area (Å²) in [4.78, 5) is 24.3. The van der Waals surface area contributed by atoms with Gasteiger partial charge in [0.2, 0.25) is 5.91 Å². The van der Waals surface area contributed by atoms with E-state index in [1.807, 2.05) is 18.2 Å². The van der Waals surface area contributed by atoms with Crippen LogP contribution in [0.1, 0.15) is 11.1 Å². The number of hydrogen-bond acceptors (Lipinski definition) is 2. The highest BCUT2D eigenvalue weighted by Crippen LogP contribution is 2.37. The Labute approximate surface area is 116 Å². The molecule has 2 N–H and O–H groups in total. The van der Waals surface area contributed by atoms with Gasteiger partial charge in [0, 0.05) is 12.1 Å². The van der Waals surface area contributed by atoms with Gasteiger partial charge in [-0.2, -0.15) is 0 Å². The van der Waals surface area contributed by atoms with Gasteiger partial charge in [-0.15, -0.1) is 0 Å². The van der Waals surface area contributed by atoms with Crippen molar-refractivity contribution in [2.75, 3.05) is 5.32 Å². The van der Waals surface area contributed by atoms with Gasteiger partial charge in [-0.25, -0.2) is 0 Å². The third-order valence-electron chi connectivity index (χ3n) is 3.74. The molecule has 20 heavy (non-hydrogen) atoms.